The number of carbonyl (C=O) groups is 1. The van der Waals surface area contributed by atoms with Crippen LogP contribution < -0.4 is 5.32 Å². The molecule has 0 radical (unpaired) electrons. The minimum absolute atomic E-state index is 0.222. The summed E-state index contributed by atoms with van der Waals surface area (Å²) in [4.78, 5) is 13.4. The lowest BCUT2D eigenvalue weighted by Gasteiger charge is -2.07. The molecule has 4 heteroatoms. The quantitative estimate of drug-likeness (QED) is 0.772. The Kier molecular flexibility index (Phi) is 3.99. The highest BCUT2D eigenvalue weighted by molar-refractivity contribution is 7.13. The molecule has 22 heavy (non-hydrogen) atoms. The van der Waals surface area contributed by atoms with Crippen LogP contribution in [0.5, 0.6) is 0 Å². The van der Waals surface area contributed by atoms with Crippen LogP contribution in [0.2, 0.25) is 0 Å². The van der Waals surface area contributed by atoms with E-state index in [1.165, 1.54) is 4.88 Å². The third-order valence-corrected chi connectivity index (χ3v) is 4.17. The summed E-state index contributed by atoms with van der Waals surface area (Å²) in [5.74, 6) is -0.222. The zero-order valence-electron chi connectivity index (χ0n) is 11.6. The number of thiophene rings is 1. The summed E-state index contributed by atoms with van der Waals surface area (Å²) in [7, 11) is 0. The number of benzene rings is 2. The molecule has 0 bridgehead atoms. The molecule has 1 heterocycles. The molecule has 1 amide bonds. The van der Waals surface area contributed by atoms with Crippen molar-refractivity contribution in [3.63, 3.8) is 0 Å². The van der Waals surface area contributed by atoms with Gasteiger partial charge in [-0.3, -0.25) is 4.79 Å². The Morgan fingerprint density at radius 2 is 1.77 bits per heavy atom. The van der Waals surface area contributed by atoms with Crippen LogP contribution in [0.3, 0.4) is 0 Å². The van der Waals surface area contributed by atoms with Crippen LogP contribution in [0, 0.1) is 11.3 Å². The standard InChI is InChI=1S/C18H12N2OS/c19-12-15-4-1-2-5-16(15)20-18(21)14-9-7-13(8-10-14)17-6-3-11-22-17/h1-11H,(H,20,21). The minimum Gasteiger partial charge on any atom is -0.321 e. The van der Waals surface area contributed by atoms with Crippen molar-refractivity contribution in [2.24, 2.45) is 0 Å². The fourth-order valence-corrected chi connectivity index (χ4v) is 2.85. The van der Waals surface area contributed by atoms with E-state index in [-0.39, 0.29) is 5.91 Å². The maximum Gasteiger partial charge on any atom is 0.255 e. The van der Waals surface area contributed by atoms with E-state index in [1.54, 1.807) is 47.7 Å². The second-order valence-electron chi connectivity index (χ2n) is 4.67. The molecule has 3 aromatic rings. The van der Waals surface area contributed by atoms with E-state index < -0.39 is 0 Å². The van der Waals surface area contributed by atoms with Gasteiger partial charge in [0.2, 0.25) is 0 Å². The van der Waals surface area contributed by atoms with E-state index in [0.717, 1.165) is 5.56 Å². The monoisotopic (exact) mass is 304 g/mol. The van der Waals surface area contributed by atoms with Gasteiger partial charge < -0.3 is 5.32 Å². The number of para-hydroxylation sites is 1. The summed E-state index contributed by atoms with van der Waals surface area (Å²) < 4.78 is 0. The van der Waals surface area contributed by atoms with Gasteiger partial charge in [0.25, 0.3) is 5.91 Å². The molecule has 0 saturated carbocycles. The SMILES string of the molecule is N#Cc1ccccc1NC(=O)c1ccc(-c2cccs2)cc1. The average molecular weight is 304 g/mol. The molecule has 3 rings (SSSR count). The first kappa shape index (κ1) is 14.1. The van der Waals surface area contributed by atoms with Gasteiger partial charge in [-0.2, -0.15) is 5.26 Å². The number of hydrogen-bond acceptors (Lipinski definition) is 3. The van der Waals surface area contributed by atoms with Crippen LogP contribution in [0.25, 0.3) is 10.4 Å². The van der Waals surface area contributed by atoms with Gasteiger partial charge in [0.05, 0.1) is 11.3 Å². The molecule has 1 N–H and O–H groups in total. The van der Waals surface area contributed by atoms with Gasteiger partial charge >= 0.3 is 0 Å². The van der Waals surface area contributed by atoms with Gasteiger partial charge in [0.15, 0.2) is 0 Å². The fraction of sp³-hybridized carbons (Fsp3) is 0. The van der Waals surface area contributed by atoms with Crippen LogP contribution in [0.15, 0.2) is 66.0 Å². The number of amides is 1. The van der Waals surface area contributed by atoms with E-state index in [9.17, 15) is 4.79 Å². The molecule has 0 aliphatic carbocycles. The Morgan fingerprint density at radius 3 is 2.45 bits per heavy atom. The van der Waals surface area contributed by atoms with E-state index in [2.05, 4.69) is 11.4 Å². The van der Waals surface area contributed by atoms with Crippen LogP contribution in [-0.4, -0.2) is 5.91 Å². The van der Waals surface area contributed by atoms with Gasteiger partial charge in [-0.15, -0.1) is 11.3 Å². The third kappa shape index (κ3) is 2.90. The first-order valence-corrected chi connectivity index (χ1v) is 7.60. The van der Waals surface area contributed by atoms with E-state index in [4.69, 9.17) is 5.26 Å². The molecule has 106 valence electrons. The Balaban J connectivity index is 1.80. The molecule has 0 fully saturated rings. The van der Waals surface area contributed by atoms with Crippen molar-refractivity contribution in [2.75, 3.05) is 5.32 Å². The van der Waals surface area contributed by atoms with Crippen LogP contribution in [0.4, 0.5) is 5.69 Å². The summed E-state index contributed by atoms with van der Waals surface area (Å²) in [5.41, 5.74) is 2.63. The summed E-state index contributed by atoms with van der Waals surface area (Å²) in [6, 6.07) is 20.5. The van der Waals surface area contributed by atoms with Gasteiger partial charge in [0.1, 0.15) is 6.07 Å². The van der Waals surface area contributed by atoms with Crippen molar-refractivity contribution < 1.29 is 4.79 Å². The first-order valence-electron chi connectivity index (χ1n) is 6.72. The summed E-state index contributed by atoms with van der Waals surface area (Å²) >= 11 is 1.66. The van der Waals surface area contributed by atoms with Crippen molar-refractivity contribution in [3.05, 3.63) is 77.2 Å². The fourth-order valence-electron chi connectivity index (χ4n) is 2.11. The lowest BCUT2D eigenvalue weighted by atomic mass is 10.1. The minimum atomic E-state index is -0.222. The molecule has 0 atom stereocenters. The Hall–Kier alpha value is -2.90. The highest BCUT2D eigenvalue weighted by Crippen LogP contribution is 2.25. The van der Waals surface area contributed by atoms with Crippen molar-refractivity contribution >= 4 is 22.9 Å². The van der Waals surface area contributed by atoms with Crippen LogP contribution >= 0.6 is 11.3 Å². The molecule has 1 aromatic heterocycles. The number of anilines is 1. The zero-order valence-corrected chi connectivity index (χ0v) is 12.4. The van der Waals surface area contributed by atoms with E-state index in [0.29, 0.717) is 16.8 Å². The maximum absolute atomic E-state index is 12.3. The zero-order chi connectivity index (χ0) is 15.4. The molecule has 0 unspecified atom stereocenters. The molecule has 0 aliphatic rings. The first-order chi connectivity index (χ1) is 10.8. The molecule has 0 aliphatic heterocycles. The lowest BCUT2D eigenvalue weighted by molar-refractivity contribution is 0.102. The number of carbonyl (C=O) groups excluding carboxylic acids is 1. The molecule has 2 aromatic carbocycles. The summed E-state index contributed by atoms with van der Waals surface area (Å²) in [6.07, 6.45) is 0. The van der Waals surface area contributed by atoms with Crippen molar-refractivity contribution in [1.29, 1.82) is 5.26 Å². The molecular weight excluding hydrogens is 292 g/mol. The number of rotatable bonds is 3. The molecular formula is C18H12N2OS. The predicted octanol–water partition coefficient (Wildman–Crippen LogP) is 4.54. The lowest BCUT2D eigenvalue weighted by Crippen LogP contribution is -2.12. The molecule has 0 spiro atoms. The predicted molar refractivity (Wildman–Crippen MR) is 88.9 cm³/mol. The second-order valence-corrected chi connectivity index (χ2v) is 5.61. The average Bonchev–Trinajstić information content (AvgIpc) is 3.10. The number of nitriles is 1. The molecule has 0 saturated heterocycles. The highest BCUT2D eigenvalue weighted by atomic mass is 32.1. The maximum atomic E-state index is 12.3. The van der Waals surface area contributed by atoms with Crippen LogP contribution in [0.1, 0.15) is 15.9 Å². The Bertz CT molecular complexity index is 830. The van der Waals surface area contributed by atoms with Crippen molar-refractivity contribution in [1.82, 2.24) is 0 Å². The highest BCUT2D eigenvalue weighted by Gasteiger charge is 2.09. The number of nitrogens with one attached hydrogen (secondary N) is 1. The van der Waals surface area contributed by atoms with Gasteiger partial charge in [-0.05, 0) is 41.3 Å². The number of nitrogens with zero attached hydrogens (tertiary/aromatic N) is 1. The van der Waals surface area contributed by atoms with Gasteiger partial charge in [0, 0.05) is 10.4 Å². The normalized spacial score (nSPS) is 9.95. The van der Waals surface area contributed by atoms with Crippen LogP contribution in [-0.2, 0) is 0 Å². The summed E-state index contributed by atoms with van der Waals surface area (Å²) in [6.45, 7) is 0. The van der Waals surface area contributed by atoms with Crippen molar-refractivity contribution in [3.8, 4) is 16.5 Å². The second kappa shape index (κ2) is 6.25. The third-order valence-electron chi connectivity index (χ3n) is 3.25. The smallest absolute Gasteiger partial charge is 0.255 e. The number of hydrogen-bond donors (Lipinski definition) is 1. The van der Waals surface area contributed by atoms with E-state index >= 15 is 0 Å². The Labute approximate surface area is 132 Å². The Morgan fingerprint density at radius 1 is 1.00 bits per heavy atom. The topological polar surface area (TPSA) is 52.9 Å². The van der Waals surface area contributed by atoms with Crippen molar-refractivity contribution in [2.45, 2.75) is 0 Å². The van der Waals surface area contributed by atoms with Gasteiger partial charge in [-0.25, -0.2) is 0 Å². The largest absolute Gasteiger partial charge is 0.321 e. The van der Waals surface area contributed by atoms with E-state index in [1.807, 2.05) is 29.6 Å². The summed E-state index contributed by atoms with van der Waals surface area (Å²) in [5, 5.41) is 13.8. The molecule has 3 nitrogen and oxygen atoms in total. The van der Waals surface area contributed by atoms with Gasteiger partial charge in [-0.1, -0.05) is 30.3 Å².